The Morgan fingerprint density at radius 2 is 1.81 bits per heavy atom. The molecule has 226 valence electrons. The van der Waals surface area contributed by atoms with Gasteiger partial charge in [-0.2, -0.15) is 0 Å². The minimum Gasteiger partial charge on any atom is -0.481 e. The molecule has 1 aromatic carbocycles. The normalized spacial score (nSPS) is 16.3. The van der Waals surface area contributed by atoms with Crippen molar-refractivity contribution >= 4 is 35.3 Å². The number of amides is 5. The van der Waals surface area contributed by atoms with Crippen molar-refractivity contribution in [2.75, 3.05) is 69.2 Å². The van der Waals surface area contributed by atoms with Crippen molar-refractivity contribution in [1.82, 2.24) is 25.4 Å². The minimum atomic E-state index is -1.06. The number of nitrogens with zero attached hydrogens (tertiary/aromatic N) is 4. The number of pyridine rings is 1. The molecule has 13 heteroatoms. The zero-order valence-electron chi connectivity index (χ0n) is 23.9. The Balaban J connectivity index is 1.53. The number of urea groups is 2. The van der Waals surface area contributed by atoms with Gasteiger partial charge in [0.1, 0.15) is 0 Å². The summed E-state index contributed by atoms with van der Waals surface area (Å²) in [5, 5.41) is 17.9. The molecule has 2 saturated heterocycles. The molecule has 4 N–H and O–H groups in total. The largest absolute Gasteiger partial charge is 0.481 e. The van der Waals surface area contributed by atoms with E-state index >= 15 is 0 Å². The maximum absolute atomic E-state index is 13.3. The third kappa shape index (κ3) is 8.32. The van der Waals surface area contributed by atoms with Crippen molar-refractivity contribution in [3.05, 3.63) is 53.9 Å². The second kappa shape index (κ2) is 15.0. The molecule has 1 aromatic heterocycles. The third-order valence-corrected chi connectivity index (χ3v) is 7.20. The minimum absolute atomic E-state index is 0.00833. The topological polar surface area (TPSA) is 156 Å². The molecule has 2 aliphatic heterocycles. The summed E-state index contributed by atoms with van der Waals surface area (Å²) < 4.78 is 5.38. The van der Waals surface area contributed by atoms with Gasteiger partial charge < -0.3 is 40.5 Å². The van der Waals surface area contributed by atoms with E-state index in [2.05, 4.69) is 25.8 Å². The molecule has 4 rings (SSSR count). The van der Waals surface area contributed by atoms with Crippen LogP contribution in [0.15, 0.2) is 42.7 Å². The lowest BCUT2D eigenvalue weighted by Crippen LogP contribution is -2.49. The van der Waals surface area contributed by atoms with Crippen molar-refractivity contribution in [3.63, 3.8) is 0 Å². The van der Waals surface area contributed by atoms with Gasteiger partial charge >= 0.3 is 18.0 Å². The molecular weight excluding hydrogens is 542 g/mol. The number of aromatic nitrogens is 1. The van der Waals surface area contributed by atoms with Crippen LogP contribution in [0.3, 0.4) is 0 Å². The van der Waals surface area contributed by atoms with Crippen LogP contribution in [0.5, 0.6) is 0 Å². The number of carboxylic acid groups (broad SMARTS) is 1. The van der Waals surface area contributed by atoms with E-state index in [-0.39, 0.29) is 18.0 Å². The van der Waals surface area contributed by atoms with Crippen LogP contribution in [-0.2, 0) is 9.53 Å². The standard InChI is InChI=1S/C29H39N7O6/c1-2-8-31-28(40)33-24-18-21(27(39)32-23(19-26(37)38)22-5-3-9-30-20-22)6-7-25(24)34-10-4-11-35(13-12-34)29(41)36-14-16-42-17-15-36/h3,5-7,9,18,20,23H,2,4,8,10-17,19H2,1H3,(H,32,39)(H,37,38)(H2,31,33,40). The molecular formula is C29H39N7O6. The Hall–Kier alpha value is -4.39. The number of aliphatic carboxylic acids is 1. The Kier molecular flexibility index (Phi) is 10.9. The first-order valence-electron chi connectivity index (χ1n) is 14.3. The highest BCUT2D eigenvalue weighted by molar-refractivity contribution is 6.00. The molecule has 13 nitrogen and oxygen atoms in total. The van der Waals surface area contributed by atoms with E-state index in [1.807, 2.05) is 16.7 Å². The molecule has 0 radical (unpaired) electrons. The first-order valence-corrected chi connectivity index (χ1v) is 14.3. The number of rotatable bonds is 9. The summed E-state index contributed by atoms with van der Waals surface area (Å²) in [6.07, 6.45) is 4.29. The summed E-state index contributed by atoms with van der Waals surface area (Å²) in [7, 11) is 0. The SMILES string of the molecule is CCCNC(=O)Nc1cc(C(=O)NC(CC(=O)O)c2cccnc2)ccc1N1CCCN(C(=O)N2CCOCC2)CC1. The lowest BCUT2D eigenvalue weighted by molar-refractivity contribution is -0.137. The molecule has 1 atom stereocenters. The molecule has 5 amide bonds. The third-order valence-electron chi connectivity index (χ3n) is 7.20. The van der Waals surface area contributed by atoms with E-state index in [4.69, 9.17) is 4.74 Å². The van der Waals surface area contributed by atoms with Gasteiger partial charge in [-0.3, -0.25) is 14.6 Å². The highest BCUT2D eigenvalue weighted by Crippen LogP contribution is 2.29. The van der Waals surface area contributed by atoms with Crippen LogP contribution >= 0.6 is 0 Å². The van der Waals surface area contributed by atoms with Crippen LogP contribution in [0, 0.1) is 0 Å². The van der Waals surface area contributed by atoms with Gasteiger partial charge in [0.25, 0.3) is 5.91 Å². The fraction of sp³-hybridized carbons (Fsp3) is 0.483. The van der Waals surface area contributed by atoms with Crippen LogP contribution in [-0.4, -0.2) is 103 Å². The molecule has 0 saturated carbocycles. The van der Waals surface area contributed by atoms with E-state index in [0.29, 0.717) is 70.3 Å². The summed E-state index contributed by atoms with van der Waals surface area (Å²) in [5.41, 5.74) is 2.01. The second-order valence-corrected chi connectivity index (χ2v) is 10.2. The Morgan fingerprint density at radius 3 is 2.52 bits per heavy atom. The number of hydrogen-bond acceptors (Lipinski definition) is 7. The van der Waals surface area contributed by atoms with Gasteiger partial charge in [0.15, 0.2) is 0 Å². The Labute approximate surface area is 245 Å². The van der Waals surface area contributed by atoms with Gasteiger partial charge in [-0.15, -0.1) is 0 Å². The molecule has 1 unspecified atom stereocenters. The average molecular weight is 582 g/mol. The summed E-state index contributed by atoms with van der Waals surface area (Å²) in [4.78, 5) is 60.4. The fourth-order valence-electron chi connectivity index (χ4n) is 5.01. The molecule has 42 heavy (non-hydrogen) atoms. The van der Waals surface area contributed by atoms with Crippen molar-refractivity contribution < 1.29 is 29.0 Å². The van der Waals surface area contributed by atoms with Crippen LogP contribution in [0.25, 0.3) is 0 Å². The summed E-state index contributed by atoms with van der Waals surface area (Å²) >= 11 is 0. The lowest BCUT2D eigenvalue weighted by atomic mass is 10.0. The molecule has 2 fully saturated rings. The first-order chi connectivity index (χ1) is 20.4. The molecule has 0 aliphatic carbocycles. The van der Waals surface area contributed by atoms with Gasteiger partial charge in [0.05, 0.1) is 37.1 Å². The number of carbonyl (C=O) groups is 4. The summed E-state index contributed by atoms with van der Waals surface area (Å²) in [6.45, 7) is 7.03. The monoisotopic (exact) mass is 581 g/mol. The summed E-state index contributed by atoms with van der Waals surface area (Å²) in [6, 6.07) is 7.25. The average Bonchev–Trinajstić information content (AvgIpc) is 3.26. The van der Waals surface area contributed by atoms with E-state index in [1.165, 1.54) is 6.20 Å². The van der Waals surface area contributed by atoms with E-state index in [0.717, 1.165) is 18.5 Å². The van der Waals surface area contributed by atoms with Crippen LogP contribution < -0.4 is 20.9 Å². The number of nitrogens with one attached hydrogen (secondary N) is 3. The molecule has 2 aliphatic rings. The molecule has 0 spiro atoms. The number of anilines is 2. The van der Waals surface area contributed by atoms with Crippen molar-refractivity contribution in [3.8, 4) is 0 Å². The van der Waals surface area contributed by atoms with E-state index in [1.54, 1.807) is 36.5 Å². The van der Waals surface area contributed by atoms with Gasteiger partial charge in [-0.25, -0.2) is 9.59 Å². The molecule has 3 heterocycles. The zero-order valence-corrected chi connectivity index (χ0v) is 23.9. The van der Waals surface area contributed by atoms with Crippen LogP contribution in [0.2, 0.25) is 0 Å². The van der Waals surface area contributed by atoms with Crippen molar-refractivity contribution in [1.29, 1.82) is 0 Å². The van der Waals surface area contributed by atoms with Crippen molar-refractivity contribution in [2.24, 2.45) is 0 Å². The highest BCUT2D eigenvalue weighted by atomic mass is 16.5. The number of carboxylic acids is 1. The Morgan fingerprint density at radius 1 is 1.02 bits per heavy atom. The smallest absolute Gasteiger partial charge is 0.320 e. The maximum Gasteiger partial charge on any atom is 0.320 e. The van der Waals surface area contributed by atoms with Gasteiger partial charge in [0, 0.05) is 63.8 Å². The molecule has 2 aromatic rings. The molecule has 0 bridgehead atoms. The van der Waals surface area contributed by atoms with Crippen LogP contribution in [0.4, 0.5) is 21.0 Å². The number of hydrogen-bond donors (Lipinski definition) is 4. The van der Waals surface area contributed by atoms with E-state index in [9.17, 15) is 24.3 Å². The number of morpholine rings is 1. The fourth-order valence-corrected chi connectivity index (χ4v) is 5.01. The quantitative estimate of drug-likeness (QED) is 0.352. The van der Waals surface area contributed by atoms with Gasteiger partial charge in [0.2, 0.25) is 0 Å². The predicted molar refractivity (Wildman–Crippen MR) is 157 cm³/mol. The van der Waals surface area contributed by atoms with Crippen LogP contribution in [0.1, 0.15) is 48.1 Å². The van der Waals surface area contributed by atoms with Crippen molar-refractivity contribution in [2.45, 2.75) is 32.2 Å². The van der Waals surface area contributed by atoms with E-state index < -0.39 is 23.9 Å². The lowest BCUT2D eigenvalue weighted by Gasteiger charge is -2.32. The second-order valence-electron chi connectivity index (χ2n) is 10.2. The number of benzene rings is 1. The van der Waals surface area contributed by atoms with Gasteiger partial charge in [-0.1, -0.05) is 13.0 Å². The maximum atomic E-state index is 13.3. The highest BCUT2D eigenvalue weighted by Gasteiger charge is 2.27. The Bertz CT molecular complexity index is 1240. The number of carbonyl (C=O) groups excluding carboxylic acids is 3. The number of ether oxygens (including phenoxy) is 1. The predicted octanol–water partition coefficient (Wildman–Crippen LogP) is 2.52. The summed E-state index contributed by atoms with van der Waals surface area (Å²) in [5.74, 6) is -1.54. The first kappa shape index (κ1) is 30.6. The zero-order chi connectivity index (χ0) is 29.9. The van der Waals surface area contributed by atoms with Gasteiger partial charge in [-0.05, 0) is 42.7 Å².